The first-order valence-corrected chi connectivity index (χ1v) is 10.8. The molecule has 2 aromatic carbocycles. The third kappa shape index (κ3) is 4.21. The van der Waals surface area contributed by atoms with Crippen LogP contribution in [0.5, 0.6) is 0 Å². The van der Waals surface area contributed by atoms with E-state index in [-0.39, 0.29) is 5.41 Å². The van der Waals surface area contributed by atoms with E-state index in [1.807, 2.05) is 43.7 Å². The smallest absolute Gasteiger partial charge is 0.201 e. The van der Waals surface area contributed by atoms with Gasteiger partial charge in [0.1, 0.15) is 8.42 Å². The highest BCUT2D eigenvalue weighted by atomic mass is 14.9. The maximum atomic E-state index is 9.31. The Bertz CT molecular complexity index is 1180. The van der Waals surface area contributed by atoms with Crippen molar-refractivity contribution in [3.05, 3.63) is 88.6 Å². The molecule has 1 nitrogen and oxygen atoms in total. The number of aromatic nitrogens is 1. The first kappa shape index (κ1) is 18.4. The van der Waals surface area contributed by atoms with E-state index in [9.17, 15) is 2.74 Å². The largest absolute Gasteiger partial charge is 0.212 e. The molecule has 0 aliphatic carbocycles. The van der Waals surface area contributed by atoms with Gasteiger partial charge in [0.25, 0.3) is 0 Å². The average Bonchev–Trinajstić information content (AvgIpc) is 2.70. The molecule has 0 saturated carbocycles. The van der Waals surface area contributed by atoms with Crippen molar-refractivity contribution in [3.8, 4) is 11.3 Å². The molecule has 0 unspecified atom stereocenters. The van der Waals surface area contributed by atoms with Gasteiger partial charge in [-0.2, -0.15) is 0 Å². The van der Waals surface area contributed by atoms with Gasteiger partial charge < -0.3 is 0 Å². The fraction of sp³-hybridized carbons (Fsp3) is 0.414. The summed E-state index contributed by atoms with van der Waals surface area (Å²) in [6.45, 7) is 16.5. The lowest BCUT2D eigenvalue weighted by Gasteiger charge is -2.29. The number of pyridine rings is 1. The third-order valence-corrected chi connectivity index (χ3v) is 6.08. The number of nitrogens with zero attached hydrogens (tertiary/aromatic N) is 1. The Morgan fingerprint density at radius 3 is 2.10 bits per heavy atom. The molecule has 0 aliphatic heterocycles. The van der Waals surface area contributed by atoms with Crippen LogP contribution in [0.3, 0.4) is 0 Å². The van der Waals surface area contributed by atoms with Gasteiger partial charge in [0.05, 0.1) is 1.37 Å². The molecule has 1 heterocycles. The second-order valence-corrected chi connectivity index (χ2v) is 10.2. The van der Waals surface area contributed by atoms with E-state index in [2.05, 4.69) is 71.9 Å². The number of benzene rings is 2. The van der Waals surface area contributed by atoms with Crippen LogP contribution >= 0.6 is 0 Å². The van der Waals surface area contributed by atoms with Gasteiger partial charge in [0, 0.05) is 24.0 Å². The van der Waals surface area contributed by atoms with E-state index in [1.165, 1.54) is 5.56 Å². The van der Waals surface area contributed by atoms with Crippen molar-refractivity contribution in [3.63, 3.8) is 0 Å². The van der Waals surface area contributed by atoms with Crippen molar-refractivity contribution in [2.24, 2.45) is 7.05 Å². The average molecular weight is 404 g/mol. The van der Waals surface area contributed by atoms with Gasteiger partial charge in [0.15, 0.2) is 6.17 Å². The molecule has 0 aliphatic rings. The summed E-state index contributed by atoms with van der Waals surface area (Å²) in [6.07, 6.45) is 0.351. The molecule has 30 heavy (non-hydrogen) atoms. The fourth-order valence-corrected chi connectivity index (χ4v) is 4.01. The van der Waals surface area contributed by atoms with Crippen LogP contribution in [0.15, 0.2) is 60.7 Å². The van der Waals surface area contributed by atoms with E-state index in [4.69, 9.17) is 1.37 Å². The second kappa shape index (κ2) is 8.02. The van der Waals surface area contributed by atoms with Crippen LogP contribution in [0, 0.1) is 6.92 Å². The number of aryl methyl sites for hydroxylation is 1. The van der Waals surface area contributed by atoms with Crippen LogP contribution in [0.2, 0.25) is 0 Å². The summed E-state index contributed by atoms with van der Waals surface area (Å²) < 4.78 is 29.3. The topological polar surface area (TPSA) is 3.88 Å². The summed E-state index contributed by atoms with van der Waals surface area (Å²) in [4.78, 5) is 0. The van der Waals surface area contributed by atoms with Crippen LogP contribution in [0.4, 0.5) is 0 Å². The van der Waals surface area contributed by atoms with E-state index >= 15 is 0 Å². The highest BCUT2D eigenvalue weighted by Crippen LogP contribution is 2.37. The number of hydrogen-bond donors (Lipinski definition) is 0. The SMILES string of the molecule is [2H]c1c(C([2H])(C)C)c(C(C)(C)c2ccccc2)c([2H])[n+](C)c1-c1ccc(C(C)(C)C)cc1C. The molecule has 0 spiro atoms. The molecule has 3 aromatic rings. The Balaban J connectivity index is 2.39. The summed E-state index contributed by atoms with van der Waals surface area (Å²) in [6, 6.07) is 16.8. The molecule has 0 bridgehead atoms. The molecule has 158 valence electrons. The van der Waals surface area contributed by atoms with Crippen LogP contribution < -0.4 is 4.57 Å². The minimum absolute atomic E-state index is 0.0355. The molecule has 0 fully saturated rings. The Morgan fingerprint density at radius 2 is 1.57 bits per heavy atom. The summed E-state index contributed by atoms with van der Waals surface area (Å²) in [5.74, 6) is -1.03. The van der Waals surface area contributed by atoms with Gasteiger partial charge in [-0.25, -0.2) is 4.57 Å². The van der Waals surface area contributed by atoms with Gasteiger partial charge in [0.2, 0.25) is 5.69 Å². The minimum atomic E-state index is -1.03. The third-order valence-electron chi connectivity index (χ3n) is 6.08. The van der Waals surface area contributed by atoms with Crippen molar-refractivity contribution in [1.82, 2.24) is 0 Å². The summed E-state index contributed by atoms with van der Waals surface area (Å²) >= 11 is 0. The molecule has 0 saturated heterocycles. The molecule has 0 atom stereocenters. The van der Waals surface area contributed by atoms with Gasteiger partial charge in [-0.3, -0.25) is 0 Å². The van der Waals surface area contributed by atoms with E-state index in [0.717, 1.165) is 22.3 Å². The lowest BCUT2D eigenvalue weighted by molar-refractivity contribution is -0.661. The quantitative estimate of drug-likeness (QED) is 0.404. The Hall–Kier alpha value is -2.41. The first-order valence-electron chi connectivity index (χ1n) is 12.3. The Labute approximate surface area is 188 Å². The number of hydrogen-bond acceptors (Lipinski definition) is 0. The van der Waals surface area contributed by atoms with Crippen molar-refractivity contribution in [2.45, 2.75) is 72.1 Å². The molecular weight excluding hydrogens is 362 g/mol. The van der Waals surface area contributed by atoms with E-state index in [1.54, 1.807) is 0 Å². The van der Waals surface area contributed by atoms with Gasteiger partial charge in [-0.15, -0.1) is 0 Å². The van der Waals surface area contributed by atoms with Crippen molar-refractivity contribution < 1.29 is 8.68 Å². The zero-order valence-corrected chi connectivity index (χ0v) is 20.1. The van der Waals surface area contributed by atoms with Crippen molar-refractivity contribution >= 4 is 0 Å². The van der Waals surface area contributed by atoms with Crippen molar-refractivity contribution in [2.75, 3.05) is 0 Å². The summed E-state index contributed by atoms with van der Waals surface area (Å²) in [7, 11) is 1.87. The zero-order chi connectivity index (χ0) is 24.9. The minimum Gasteiger partial charge on any atom is -0.201 e. The molecule has 1 heteroatoms. The summed E-state index contributed by atoms with van der Waals surface area (Å²) in [5.41, 5.74) is 5.90. The van der Waals surface area contributed by atoms with E-state index < -0.39 is 11.3 Å². The molecule has 3 rings (SSSR count). The van der Waals surface area contributed by atoms with Gasteiger partial charge in [-0.05, 0) is 46.6 Å². The molecule has 1 aromatic heterocycles. The molecule has 0 radical (unpaired) electrons. The Kier molecular flexibility index (Phi) is 4.91. The maximum absolute atomic E-state index is 9.31. The predicted octanol–water partition coefficient (Wildman–Crippen LogP) is 7.23. The lowest BCUT2D eigenvalue weighted by Crippen LogP contribution is -2.35. The molecule has 0 N–H and O–H groups in total. The first-order chi connectivity index (χ1) is 15.1. The normalized spacial score (nSPS) is 14.2. The predicted molar refractivity (Wildman–Crippen MR) is 129 cm³/mol. The monoisotopic (exact) mass is 403 g/mol. The van der Waals surface area contributed by atoms with Gasteiger partial charge in [-0.1, -0.05) is 90.9 Å². The fourth-order valence-electron chi connectivity index (χ4n) is 4.01. The highest BCUT2D eigenvalue weighted by Gasteiger charge is 2.31. The zero-order valence-electron chi connectivity index (χ0n) is 23.1. The Morgan fingerprint density at radius 1 is 0.933 bits per heavy atom. The highest BCUT2D eigenvalue weighted by molar-refractivity contribution is 5.63. The maximum Gasteiger partial charge on any atom is 0.212 e. The van der Waals surface area contributed by atoms with Crippen molar-refractivity contribution in [1.29, 1.82) is 0 Å². The number of rotatable bonds is 4. The van der Waals surface area contributed by atoms with Crippen LogP contribution in [-0.2, 0) is 17.9 Å². The van der Waals surface area contributed by atoms with Crippen LogP contribution in [0.1, 0.15) is 86.3 Å². The van der Waals surface area contributed by atoms with Gasteiger partial charge >= 0.3 is 0 Å². The molecular formula is C29H38N+. The standard InChI is InChI=1S/C29H38N/c1-20(2)25-18-27(24-16-15-23(17-21(24)3)28(4,5)6)30(9)19-26(25)29(7,8)22-13-11-10-12-14-22/h10-20H,1-9H3/q+1/i18D,19D,20D. The lowest BCUT2D eigenvalue weighted by atomic mass is 9.74. The summed E-state index contributed by atoms with van der Waals surface area (Å²) in [5, 5.41) is 0. The van der Waals surface area contributed by atoms with Crippen LogP contribution in [-0.4, -0.2) is 0 Å². The van der Waals surface area contributed by atoms with Crippen LogP contribution in [0.25, 0.3) is 11.3 Å². The second-order valence-electron chi connectivity index (χ2n) is 10.2. The van der Waals surface area contributed by atoms with E-state index in [0.29, 0.717) is 23.5 Å². The molecule has 0 amide bonds.